The van der Waals surface area contributed by atoms with Crippen LogP contribution in [0.5, 0.6) is 0 Å². The molecule has 0 amide bonds. The summed E-state index contributed by atoms with van der Waals surface area (Å²) in [4.78, 5) is 0. The number of hydrogen-bond acceptors (Lipinski definition) is 5. The van der Waals surface area contributed by atoms with Gasteiger partial charge in [0.15, 0.2) is 0 Å². The molecular formula is C13H24N4O. The van der Waals surface area contributed by atoms with E-state index in [1.807, 2.05) is 0 Å². The number of anilines is 1. The minimum absolute atomic E-state index is 0.209. The summed E-state index contributed by atoms with van der Waals surface area (Å²) in [5, 5.41) is 14.6. The van der Waals surface area contributed by atoms with Gasteiger partial charge in [0.05, 0.1) is 6.54 Å². The molecule has 2 rings (SSSR count). The molecule has 1 heterocycles. The van der Waals surface area contributed by atoms with Gasteiger partial charge in [-0.2, -0.15) is 0 Å². The molecule has 1 aromatic rings. The van der Waals surface area contributed by atoms with E-state index in [0.717, 1.165) is 6.54 Å². The van der Waals surface area contributed by atoms with Gasteiger partial charge >= 0.3 is 6.01 Å². The first-order chi connectivity index (χ1) is 8.47. The maximum atomic E-state index is 5.54. The monoisotopic (exact) mass is 252 g/mol. The van der Waals surface area contributed by atoms with Crippen molar-refractivity contribution in [2.75, 3.05) is 11.9 Å². The molecule has 1 aliphatic carbocycles. The smallest absolute Gasteiger partial charge is 0.315 e. The average molecular weight is 252 g/mol. The molecule has 0 saturated heterocycles. The molecule has 0 atom stereocenters. The summed E-state index contributed by atoms with van der Waals surface area (Å²) in [5.41, 5.74) is 0.209. The third-order valence-corrected chi connectivity index (χ3v) is 3.84. The van der Waals surface area contributed by atoms with Crippen LogP contribution in [-0.2, 0) is 6.54 Å². The molecule has 1 aromatic heterocycles. The van der Waals surface area contributed by atoms with Crippen LogP contribution in [0.3, 0.4) is 0 Å². The predicted molar refractivity (Wildman–Crippen MR) is 71.3 cm³/mol. The molecule has 1 fully saturated rings. The molecule has 18 heavy (non-hydrogen) atoms. The molecule has 1 aliphatic rings. The van der Waals surface area contributed by atoms with Crippen molar-refractivity contribution < 1.29 is 4.42 Å². The molecule has 0 spiro atoms. The van der Waals surface area contributed by atoms with Crippen molar-refractivity contribution in [1.29, 1.82) is 0 Å². The highest BCUT2D eigenvalue weighted by molar-refractivity contribution is 5.17. The minimum atomic E-state index is 0.209. The van der Waals surface area contributed by atoms with E-state index in [1.54, 1.807) is 0 Å². The van der Waals surface area contributed by atoms with Crippen LogP contribution in [0.15, 0.2) is 4.42 Å². The van der Waals surface area contributed by atoms with Gasteiger partial charge in [-0.1, -0.05) is 32.8 Å². The zero-order valence-electron chi connectivity index (χ0n) is 11.8. The normalized spacial score (nSPS) is 16.3. The van der Waals surface area contributed by atoms with Crippen LogP contribution in [0.2, 0.25) is 0 Å². The van der Waals surface area contributed by atoms with Gasteiger partial charge in [0.2, 0.25) is 5.89 Å². The van der Waals surface area contributed by atoms with Crippen LogP contribution in [-0.4, -0.2) is 22.8 Å². The van der Waals surface area contributed by atoms with Crippen molar-refractivity contribution in [3.05, 3.63) is 5.89 Å². The minimum Gasteiger partial charge on any atom is -0.407 e. The number of rotatable bonds is 7. The van der Waals surface area contributed by atoms with E-state index < -0.39 is 0 Å². The second-order valence-corrected chi connectivity index (χ2v) is 6.15. The summed E-state index contributed by atoms with van der Waals surface area (Å²) in [7, 11) is 0. The summed E-state index contributed by atoms with van der Waals surface area (Å²) in [6.45, 7) is 10.4. The number of nitrogens with one attached hydrogen (secondary N) is 2. The SMILES string of the molecule is CC(C)C(C)(C)CNc1nnc(CNC2CC2)o1. The van der Waals surface area contributed by atoms with Gasteiger partial charge in [-0.15, -0.1) is 5.10 Å². The summed E-state index contributed by atoms with van der Waals surface area (Å²) >= 11 is 0. The fourth-order valence-electron chi connectivity index (χ4n) is 1.42. The van der Waals surface area contributed by atoms with Crippen molar-refractivity contribution in [2.45, 2.75) is 53.1 Å². The molecule has 2 N–H and O–H groups in total. The molecule has 0 bridgehead atoms. The first kappa shape index (κ1) is 13.3. The van der Waals surface area contributed by atoms with E-state index in [4.69, 9.17) is 4.42 Å². The Morgan fingerprint density at radius 2 is 2.06 bits per heavy atom. The van der Waals surface area contributed by atoms with Crippen molar-refractivity contribution in [3.63, 3.8) is 0 Å². The van der Waals surface area contributed by atoms with Crippen molar-refractivity contribution in [3.8, 4) is 0 Å². The van der Waals surface area contributed by atoms with Gasteiger partial charge in [0.1, 0.15) is 0 Å². The lowest BCUT2D eigenvalue weighted by Gasteiger charge is -2.28. The summed E-state index contributed by atoms with van der Waals surface area (Å²) in [5.74, 6) is 1.26. The van der Waals surface area contributed by atoms with Crippen molar-refractivity contribution in [1.82, 2.24) is 15.5 Å². The van der Waals surface area contributed by atoms with E-state index in [9.17, 15) is 0 Å². The third-order valence-electron chi connectivity index (χ3n) is 3.84. The summed E-state index contributed by atoms with van der Waals surface area (Å²) in [6.07, 6.45) is 2.53. The van der Waals surface area contributed by atoms with Gasteiger partial charge in [0.25, 0.3) is 0 Å². The van der Waals surface area contributed by atoms with Gasteiger partial charge in [0, 0.05) is 12.6 Å². The fourth-order valence-corrected chi connectivity index (χ4v) is 1.42. The Morgan fingerprint density at radius 3 is 2.67 bits per heavy atom. The van der Waals surface area contributed by atoms with Crippen LogP contribution in [0.4, 0.5) is 6.01 Å². The first-order valence-corrected chi connectivity index (χ1v) is 6.77. The highest BCUT2D eigenvalue weighted by Gasteiger charge is 2.23. The maximum Gasteiger partial charge on any atom is 0.315 e. The van der Waals surface area contributed by atoms with E-state index in [1.165, 1.54) is 12.8 Å². The highest BCUT2D eigenvalue weighted by Crippen LogP contribution is 2.26. The van der Waals surface area contributed by atoms with Gasteiger partial charge in [-0.05, 0) is 24.2 Å². The van der Waals surface area contributed by atoms with E-state index in [0.29, 0.717) is 30.4 Å². The quantitative estimate of drug-likeness (QED) is 0.780. The predicted octanol–water partition coefficient (Wildman–Crippen LogP) is 2.42. The van der Waals surface area contributed by atoms with E-state index in [-0.39, 0.29) is 5.41 Å². The largest absolute Gasteiger partial charge is 0.407 e. The van der Waals surface area contributed by atoms with Crippen molar-refractivity contribution in [2.24, 2.45) is 11.3 Å². The molecule has 0 unspecified atom stereocenters. The Morgan fingerprint density at radius 1 is 1.33 bits per heavy atom. The molecule has 5 nitrogen and oxygen atoms in total. The number of nitrogens with zero attached hydrogens (tertiary/aromatic N) is 2. The lowest BCUT2D eigenvalue weighted by atomic mass is 9.81. The topological polar surface area (TPSA) is 63.0 Å². The lowest BCUT2D eigenvalue weighted by Crippen LogP contribution is -2.28. The molecule has 1 saturated carbocycles. The Bertz CT molecular complexity index is 382. The number of hydrogen-bond donors (Lipinski definition) is 2. The van der Waals surface area contributed by atoms with Crippen LogP contribution < -0.4 is 10.6 Å². The average Bonchev–Trinajstić information content (AvgIpc) is 3.03. The molecule has 5 heteroatoms. The highest BCUT2D eigenvalue weighted by atomic mass is 16.4. The Balaban J connectivity index is 1.78. The van der Waals surface area contributed by atoms with Crippen LogP contribution in [0.1, 0.15) is 46.4 Å². The molecule has 0 radical (unpaired) electrons. The Kier molecular flexibility index (Phi) is 3.90. The second kappa shape index (κ2) is 5.26. The molecular weight excluding hydrogens is 228 g/mol. The zero-order chi connectivity index (χ0) is 13.2. The van der Waals surface area contributed by atoms with Crippen LogP contribution >= 0.6 is 0 Å². The van der Waals surface area contributed by atoms with Crippen LogP contribution in [0.25, 0.3) is 0 Å². The first-order valence-electron chi connectivity index (χ1n) is 6.77. The molecule has 0 aromatic carbocycles. The van der Waals surface area contributed by atoms with E-state index >= 15 is 0 Å². The fraction of sp³-hybridized carbons (Fsp3) is 0.846. The summed E-state index contributed by atoms with van der Waals surface area (Å²) < 4.78 is 5.54. The molecule has 0 aliphatic heterocycles. The van der Waals surface area contributed by atoms with E-state index in [2.05, 4.69) is 48.5 Å². The zero-order valence-corrected chi connectivity index (χ0v) is 11.8. The maximum absolute atomic E-state index is 5.54. The Labute approximate surface area is 109 Å². The third kappa shape index (κ3) is 3.70. The standard InChI is InChI=1S/C13H24N4O/c1-9(2)13(3,4)8-15-12-17-16-11(18-12)7-14-10-5-6-10/h9-10,14H,5-8H2,1-4H3,(H,15,17). The Hall–Kier alpha value is -1.10. The second-order valence-electron chi connectivity index (χ2n) is 6.15. The number of aromatic nitrogens is 2. The molecule has 102 valence electrons. The van der Waals surface area contributed by atoms with Crippen LogP contribution in [0, 0.1) is 11.3 Å². The summed E-state index contributed by atoms with van der Waals surface area (Å²) in [6, 6.07) is 1.18. The van der Waals surface area contributed by atoms with Crippen molar-refractivity contribution >= 4 is 6.01 Å². The van der Waals surface area contributed by atoms with Gasteiger partial charge < -0.3 is 15.1 Å². The van der Waals surface area contributed by atoms with Gasteiger partial charge in [-0.3, -0.25) is 0 Å². The lowest BCUT2D eigenvalue weighted by molar-refractivity contribution is 0.267. The van der Waals surface area contributed by atoms with Gasteiger partial charge in [-0.25, -0.2) is 0 Å².